The summed E-state index contributed by atoms with van der Waals surface area (Å²) in [4.78, 5) is 0. The number of hydrogen-bond donors (Lipinski definition) is 1. The van der Waals surface area contributed by atoms with Crippen molar-refractivity contribution in [3.05, 3.63) is 23.0 Å². The molecule has 1 heterocycles. The Morgan fingerprint density at radius 1 is 1.53 bits per heavy atom. The number of nitrogens with one attached hydrogen (secondary N) is 1. The van der Waals surface area contributed by atoms with Crippen LogP contribution in [-0.4, -0.2) is 22.9 Å². The molecule has 0 bridgehead atoms. The Bertz CT molecular complexity index is 375. The zero-order chi connectivity index (χ0) is 12.8. The van der Waals surface area contributed by atoms with Crippen molar-refractivity contribution in [2.75, 3.05) is 13.1 Å². The summed E-state index contributed by atoms with van der Waals surface area (Å²) in [5.41, 5.74) is 3.77. The van der Waals surface area contributed by atoms with Gasteiger partial charge >= 0.3 is 0 Å². The lowest BCUT2D eigenvalue weighted by Crippen LogP contribution is -2.19. The summed E-state index contributed by atoms with van der Waals surface area (Å²) < 4.78 is 1.87. The second kappa shape index (κ2) is 6.60. The molecule has 0 saturated heterocycles. The molecular weight excluding hydrogens is 210 g/mol. The quantitative estimate of drug-likeness (QED) is 0.768. The summed E-state index contributed by atoms with van der Waals surface area (Å²) in [5, 5.41) is 7.84. The average molecular weight is 235 g/mol. The largest absolute Gasteiger partial charge is 0.313 e. The van der Waals surface area contributed by atoms with E-state index in [0.717, 1.165) is 18.8 Å². The third-order valence-electron chi connectivity index (χ3n) is 2.89. The topological polar surface area (TPSA) is 29.9 Å². The highest BCUT2D eigenvalue weighted by Gasteiger charge is 2.06. The Labute approximate surface area is 105 Å². The molecule has 0 amide bonds. The zero-order valence-corrected chi connectivity index (χ0v) is 11.7. The molecule has 3 nitrogen and oxygen atoms in total. The Morgan fingerprint density at radius 2 is 2.24 bits per heavy atom. The van der Waals surface area contributed by atoms with Crippen molar-refractivity contribution < 1.29 is 0 Å². The maximum absolute atomic E-state index is 4.37. The van der Waals surface area contributed by atoms with Crippen molar-refractivity contribution >= 4 is 6.08 Å². The average Bonchev–Trinajstić information content (AvgIpc) is 2.56. The highest BCUT2D eigenvalue weighted by Crippen LogP contribution is 2.16. The Morgan fingerprint density at radius 3 is 2.71 bits per heavy atom. The zero-order valence-electron chi connectivity index (χ0n) is 11.7. The fourth-order valence-electron chi connectivity index (χ4n) is 1.79. The van der Waals surface area contributed by atoms with Gasteiger partial charge in [-0.15, -0.1) is 0 Å². The van der Waals surface area contributed by atoms with Gasteiger partial charge in [-0.25, -0.2) is 0 Å². The van der Waals surface area contributed by atoms with Crippen LogP contribution in [0.3, 0.4) is 0 Å². The van der Waals surface area contributed by atoms with E-state index in [1.54, 1.807) is 0 Å². The van der Waals surface area contributed by atoms with E-state index >= 15 is 0 Å². The smallest absolute Gasteiger partial charge is 0.0665 e. The van der Waals surface area contributed by atoms with Crippen molar-refractivity contribution in [3.8, 4) is 0 Å². The Balaban J connectivity index is 2.79. The first-order chi connectivity index (χ1) is 8.04. The maximum Gasteiger partial charge on any atom is 0.0665 e. The molecule has 0 radical (unpaired) electrons. The molecule has 0 saturated carbocycles. The summed E-state index contributed by atoms with van der Waals surface area (Å²) in [5.74, 6) is 0.568. The van der Waals surface area contributed by atoms with Crippen LogP contribution in [0.25, 0.3) is 6.08 Å². The summed E-state index contributed by atoms with van der Waals surface area (Å²) in [6, 6.07) is 0. The second-order valence-corrected chi connectivity index (χ2v) is 4.89. The van der Waals surface area contributed by atoms with Crippen molar-refractivity contribution in [2.24, 2.45) is 13.0 Å². The van der Waals surface area contributed by atoms with Crippen LogP contribution in [0.15, 0.2) is 11.8 Å². The van der Waals surface area contributed by atoms with Crippen LogP contribution < -0.4 is 5.32 Å². The van der Waals surface area contributed by atoms with E-state index in [1.807, 2.05) is 11.7 Å². The van der Waals surface area contributed by atoms with Gasteiger partial charge in [0.25, 0.3) is 0 Å². The number of aromatic nitrogens is 2. The first-order valence-corrected chi connectivity index (χ1v) is 6.46. The molecule has 0 spiro atoms. The number of nitrogens with zero attached hydrogens (tertiary/aromatic N) is 2. The van der Waals surface area contributed by atoms with Crippen molar-refractivity contribution in [1.29, 1.82) is 0 Å². The molecule has 1 aromatic heterocycles. The minimum absolute atomic E-state index is 0.568. The predicted molar refractivity (Wildman–Crippen MR) is 73.9 cm³/mol. The van der Waals surface area contributed by atoms with Gasteiger partial charge in [0.05, 0.1) is 5.69 Å². The van der Waals surface area contributed by atoms with Gasteiger partial charge in [0, 0.05) is 25.4 Å². The highest BCUT2D eigenvalue weighted by molar-refractivity contribution is 5.55. The van der Waals surface area contributed by atoms with Crippen molar-refractivity contribution in [1.82, 2.24) is 15.1 Å². The van der Waals surface area contributed by atoms with Crippen LogP contribution in [0.5, 0.6) is 0 Å². The molecule has 0 aromatic carbocycles. The molecule has 1 aromatic rings. The third kappa shape index (κ3) is 4.35. The van der Waals surface area contributed by atoms with E-state index in [2.05, 4.69) is 50.4 Å². The van der Waals surface area contributed by atoms with Gasteiger partial charge in [0.2, 0.25) is 0 Å². The maximum atomic E-state index is 4.37. The Hall–Kier alpha value is -1.09. The number of hydrogen-bond acceptors (Lipinski definition) is 2. The van der Waals surface area contributed by atoms with Gasteiger partial charge in [0.15, 0.2) is 0 Å². The molecule has 0 aliphatic rings. The summed E-state index contributed by atoms with van der Waals surface area (Å²) in [6.45, 7) is 10.8. The standard InChI is InChI=1S/C14H25N3/c1-6-7-15-9-13(11(2)3)8-14-10-17(5)16-12(14)4/h8,10-11,15H,6-7,9H2,1-5H3. The highest BCUT2D eigenvalue weighted by atomic mass is 15.2. The van der Waals surface area contributed by atoms with E-state index in [9.17, 15) is 0 Å². The Kier molecular flexibility index (Phi) is 5.42. The third-order valence-corrected chi connectivity index (χ3v) is 2.89. The minimum atomic E-state index is 0.568. The molecule has 0 aliphatic heterocycles. The van der Waals surface area contributed by atoms with Crippen LogP contribution >= 0.6 is 0 Å². The van der Waals surface area contributed by atoms with E-state index in [-0.39, 0.29) is 0 Å². The molecule has 0 fully saturated rings. The molecular formula is C14H25N3. The molecule has 1 rings (SSSR count). The fraction of sp³-hybridized carbons (Fsp3) is 0.643. The predicted octanol–water partition coefficient (Wildman–Crippen LogP) is 2.77. The molecule has 1 N–H and O–H groups in total. The lowest BCUT2D eigenvalue weighted by Gasteiger charge is -2.12. The van der Waals surface area contributed by atoms with Gasteiger partial charge in [-0.3, -0.25) is 4.68 Å². The van der Waals surface area contributed by atoms with Gasteiger partial charge in [-0.1, -0.05) is 32.4 Å². The van der Waals surface area contributed by atoms with Crippen molar-refractivity contribution in [3.63, 3.8) is 0 Å². The first kappa shape index (κ1) is 14.0. The first-order valence-electron chi connectivity index (χ1n) is 6.46. The molecule has 0 aliphatic carbocycles. The van der Waals surface area contributed by atoms with E-state index in [4.69, 9.17) is 0 Å². The normalized spacial score (nSPS) is 12.5. The van der Waals surface area contributed by atoms with Gasteiger partial charge < -0.3 is 5.32 Å². The molecule has 0 unspecified atom stereocenters. The van der Waals surface area contributed by atoms with Crippen LogP contribution in [0.1, 0.15) is 38.4 Å². The minimum Gasteiger partial charge on any atom is -0.313 e. The fourth-order valence-corrected chi connectivity index (χ4v) is 1.79. The van der Waals surface area contributed by atoms with Crippen LogP contribution in [0.4, 0.5) is 0 Å². The van der Waals surface area contributed by atoms with Crippen LogP contribution in [-0.2, 0) is 7.05 Å². The molecule has 0 atom stereocenters. The second-order valence-electron chi connectivity index (χ2n) is 4.89. The van der Waals surface area contributed by atoms with Gasteiger partial charge in [0.1, 0.15) is 0 Å². The molecule has 96 valence electrons. The molecule has 17 heavy (non-hydrogen) atoms. The lowest BCUT2D eigenvalue weighted by atomic mass is 10.0. The van der Waals surface area contributed by atoms with E-state index < -0.39 is 0 Å². The monoisotopic (exact) mass is 235 g/mol. The lowest BCUT2D eigenvalue weighted by molar-refractivity contribution is 0.657. The summed E-state index contributed by atoms with van der Waals surface area (Å²) >= 11 is 0. The SMILES string of the molecule is CCCNCC(=Cc1cn(C)nc1C)C(C)C. The van der Waals surface area contributed by atoms with E-state index in [0.29, 0.717) is 5.92 Å². The number of rotatable bonds is 6. The van der Waals surface area contributed by atoms with Gasteiger partial charge in [-0.05, 0) is 25.8 Å². The van der Waals surface area contributed by atoms with Crippen LogP contribution in [0.2, 0.25) is 0 Å². The summed E-state index contributed by atoms with van der Waals surface area (Å²) in [7, 11) is 1.97. The van der Waals surface area contributed by atoms with Crippen molar-refractivity contribution in [2.45, 2.75) is 34.1 Å². The van der Waals surface area contributed by atoms with Gasteiger partial charge in [-0.2, -0.15) is 5.10 Å². The van der Waals surface area contributed by atoms with Crippen LogP contribution in [0, 0.1) is 12.8 Å². The van der Waals surface area contributed by atoms with E-state index in [1.165, 1.54) is 17.6 Å². The molecule has 3 heteroatoms. The number of aryl methyl sites for hydroxylation is 2. The summed E-state index contributed by atoms with van der Waals surface area (Å²) in [6.07, 6.45) is 5.53.